The predicted molar refractivity (Wildman–Crippen MR) is 112 cm³/mol. The van der Waals surface area contributed by atoms with Crippen molar-refractivity contribution in [1.29, 1.82) is 0 Å². The Bertz CT molecular complexity index is 1150. The molecule has 132 valence electrons. The van der Waals surface area contributed by atoms with E-state index in [4.69, 9.17) is 0 Å². The molecule has 4 aromatic rings. The van der Waals surface area contributed by atoms with Gasteiger partial charge in [-0.25, -0.2) is 10.4 Å². The third-order valence-electron chi connectivity index (χ3n) is 4.49. The van der Waals surface area contributed by atoms with E-state index in [0.29, 0.717) is 5.95 Å². The smallest absolute Gasteiger partial charge is 0.222 e. The summed E-state index contributed by atoms with van der Waals surface area (Å²) in [5.74, 6) is 0.635. The molecule has 1 aliphatic heterocycles. The van der Waals surface area contributed by atoms with Crippen molar-refractivity contribution in [3.05, 3.63) is 72.3 Å². The van der Waals surface area contributed by atoms with Gasteiger partial charge in [0.25, 0.3) is 0 Å². The van der Waals surface area contributed by atoms with Crippen LogP contribution in [0.5, 0.6) is 0 Å². The molecule has 1 aromatic heterocycles. The standard InChI is InChI=1S/C21H17N5S/c1-13(25-26-21-23-15-6-2-3-7-16(15)24-21)14-10-11-20-18(12-14)22-17-8-4-5-9-19(17)27-20/h2-12,22H,1H3,(H2,23,24,26)/b25-13-. The minimum absolute atomic E-state index is 0.635. The van der Waals surface area contributed by atoms with Crippen LogP contribution < -0.4 is 10.7 Å². The van der Waals surface area contributed by atoms with Gasteiger partial charge in [-0.05, 0) is 48.9 Å². The third-order valence-corrected chi connectivity index (χ3v) is 5.64. The number of hydrazone groups is 1. The van der Waals surface area contributed by atoms with Gasteiger partial charge in [0.1, 0.15) is 0 Å². The Morgan fingerprint density at radius 1 is 0.963 bits per heavy atom. The molecule has 0 saturated carbocycles. The van der Waals surface area contributed by atoms with Crippen molar-refractivity contribution >= 4 is 45.8 Å². The second-order valence-electron chi connectivity index (χ2n) is 6.35. The van der Waals surface area contributed by atoms with Crippen LogP contribution in [0.25, 0.3) is 11.0 Å². The molecular weight excluding hydrogens is 354 g/mol. The maximum Gasteiger partial charge on any atom is 0.222 e. The van der Waals surface area contributed by atoms with Gasteiger partial charge in [-0.1, -0.05) is 42.1 Å². The summed E-state index contributed by atoms with van der Waals surface area (Å²) in [6.45, 7) is 1.99. The lowest BCUT2D eigenvalue weighted by atomic mass is 10.1. The van der Waals surface area contributed by atoms with E-state index in [9.17, 15) is 0 Å². The van der Waals surface area contributed by atoms with Crippen LogP contribution in [0.15, 0.2) is 81.6 Å². The molecule has 0 amide bonds. The number of imidazole rings is 1. The second kappa shape index (κ2) is 6.48. The summed E-state index contributed by atoms with van der Waals surface area (Å²) in [6, 6.07) is 22.6. The number of benzene rings is 3. The Morgan fingerprint density at radius 2 is 1.78 bits per heavy atom. The Hall–Kier alpha value is -3.25. The van der Waals surface area contributed by atoms with E-state index in [-0.39, 0.29) is 0 Å². The van der Waals surface area contributed by atoms with Crippen LogP contribution in [0.3, 0.4) is 0 Å². The van der Waals surface area contributed by atoms with Gasteiger partial charge in [0.05, 0.1) is 28.1 Å². The lowest BCUT2D eigenvalue weighted by Gasteiger charge is -2.21. The van der Waals surface area contributed by atoms with Crippen molar-refractivity contribution in [3.8, 4) is 0 Å². The summed E-state index contributed by atoms with van der Waals surface area (Å²) in [5.41, 5.74) is 9.13. The first kappa shape index (κ1) is 16.0. The van der Waals surface area contributed by atoms with E-state index in [1.165, 1.54) is 9.79 Å². The molecule has 0 radical (unpaired) electrons. The molecule has 0 saturated heterocycles. The molecule has 3 N–H and O–H groups in total. The first-order valence-corrected chi connectivity index (χ1v) is 9.51. The molecule has 0 aliphatic carbocycles. The quantitative estimate of drug-likeness (QED) is 0.285. The summed E-state index contributed by atoms with van der Waals surface area (Å²) in [6.07, 6.45) is 0. The number of anilines is 3. The normalized spacial score (nSPS) is 13.0. The molecule has 0 spiro atoms. The minimum Gasteiger partial charge on any atom is -0.354 e. The molecule has 0 unspecified atom stereocenters. The highest BCUT2D eigenvalue weighted by Crippen LogP contribution is 2.44. The third kappa shape index (κ3) is 3.04. The number of aromatic amines is 1. The Labute approximate surface area is 160 Å². The predicted octanol–water partition coefficient (Wildman–Crippen LogP) is 5.61. The van der Waals surface area contributed by atoms with Crippen molar-refractivity contribution in [2.24, 2.45) is 5.10 Å². The molecule has 1 aliphatic rings. The van der Waals surface area contributed by atoms with Crippen molar-refractivity contribution in [2.45, 2.75) is 16.7 Å². The van der Waals surface area contributed by atoms with Crippen LogP contribution >= 0.6 is 11.8 Å². The Kier molecular flexibility index (Phi) is 3.83. The number of fused-ring (bicyclic) bond motifs is 3. The van der Waals surface area contributed by atoms with E-state index < -0.39 is 0 Å². The van der Waals surface area contributed by atoms with Crippen LogP contribution in [-0.2, 0) is 0 Å². The fourth-order valence-electron chi connectivity index (χ4n) is 3.07. The average molecular weight is 371 g/mol. The minimum atomic E-state index is 0.635. The monoisotopic (exact) mass is 371 g/mol. The molecule has 2 heterocycles. The summed E-state index contributed by atoms with van der Waals surface area (Å²) < 4.78 is 0. The van der Waals surface area contributed by atoms with E-state index >= 15 is 0 Å². The van der Waals surface area contributed by atoms with E-state index in [1.807, 2.05) is 37.3 Å². The lowest BCUT2D eigenvalue weighted by Crippen LogP contribution is -2.04. The second-order valence-corrected chi connectivity index (χ2v) is 7.43. The fourth-order valence-corrected chi connectivity index (χ4v) is 4.04. The number of nitrogens with zero attached hydrogens (tertiary/aromatic N) is 2. The number of nitrogens with one attached hydrogen (secondary N) is 3. The number of para-hydroxylation sites is 3. The number of hydrogen-bond donors (Lipinski definition) is 3. The number of H-pyrrole nitrogens is 1. The highest BCUT2D eigenvalue weighted by atomic mass is 32.2. The molecule has 0 fully saturated rings. The zero-order valence-electron chi connectivity index (χ0n) is 14.7. The van der Waals surface area contributed by atoms with Crippen LogP contribution in [0.4, 0.5) is 17.3 Å². The van der Waals surface area contributed by atoms with E-state index in [2.05, 4.69) is 62.2 Å². The maximum absolute atomic E-state index is 4.49. The van der Waals surface area contributed by atoms with Crippen LogP contribution in [0.2, 0.25) is 0 Å². The molecule has 0 bridgehead atoms. The molecular formula is C21H17N5S. The van der Waals surface area contributed by atoms with E-state index in [1.54, 1.807) is 11.8 Å². The van der Waals surface area contributed by atoms with Gasteiger partial charge >= 0.3 is 0 Å². The summed E-state index contributed by atoms with van der Waals surface area (Å²) in [4.78, 5) is 10.2. The summed E-state index contributed by atoms with van der Waals surface area (Å²) >= 11 is 1.78. The van der Waals surface area contributed by atoms with Crippen LogP contribution in [-0.4, -0.2) is 15.7 Å². The number of hydrogen-bond acceptors (Lipinski definition) is 5. The summed E-state index contributed by atoms with van der Waals surface area (Å²) in [5, 5.41) is 8.00. The van der Waals surface area contributed by atoms with Crippen molar-refractivity contribution in [1.82, 2.24) is 9.97 Å². The van der Waals surface area contributed by atoms with Gasteiger partial charge in [0.2, 0.25) is 5.95 Å². The average Bonchev–Trinajstić information content (AvgIpc) is 3.13. The van der Waals surface area contributed by atoms with Gasteiger partial charge in [-0.15, -0.1) is 0 Å². The fraction of sp³-hybridized carbons (Fsp3) is 0.0476. The first-order valence-electron chi connectivity index (χ1n) is 8.70. The van der Waals surface area contributed by atoms with Crippen LogP contribution in [0, 0.1) is 0 Å². The zero-order valence-corrected chi connectivity index (χ0v) is 15.5. The highest BCUT2D eigenvalue weighted by Gasteiger charge is 2.15. The van der Waals surface area contributed by atoms with Crippen LogP contribution in [0.1, 0.15) is 12.5 Å². The SMILES string of the molecule is C/C(=N/Nc1nc2ccccc2[nH]1)c1ccc2c(c1)Nc1ccccc1S2. The van der Waals surface area contributed by atoms with Gasteiger partial charge in [-0.2, -0.15) is 5.10 Å². The number of aromatic nitrogens is 2. The molecule has 5 rings (SSSR count). The molecule has 0 atom stereocenters. The van der Waals surface area contributed by atoms with E-state index in [0.717, 1.165) is 33.7 Å². The van der Waals surface area contributed by atoms with Gasteiger partial charge in [0, 0.05) is 9.79 Å². The van der Waals surface area contributed by atoms with Crippen molar-refractivity contribution < 1.29 is 0 Å². The highest BCUT2D eigenvalue weighted by molar-refractivity contribution is 7.99. The zero-order chi connectivity index (χ0) is 18.2. The van der Waals surface area contributed by atoms with Crippen molar-refractivity contribution in [2.75, 3.05) is 10.7 Å². The van der Waals surface area contributed by atoms with Crippen molar-refractivity contribution in [3.63, 3.8) is 0 Å². The Balaban J connectivity index is 1.39. The lowest BCUT2D eigenvalue weighted by molar-refractivity contribution is 1.20. The molecule has 6 heteroatoms. The topological polar surface area (TPSA) is 65.1 Å². The number of rotatable bonds is 3. The van der Waals surface area contributed by atoms with Gasteiger partial charge in [0.15, 0.2) is 0 Å². The maximum atomic E-state index is 4.49. The first-order chi connectivity index (χ1) is 13.3. The Morgan fingerprint density at radius 3 is 2.70 bits per heavy atom. The molecule has 27 heavy (non-hydrogen) atoms. The largest absolute Gasteiger partial charge is 0.354 e. The van der Waals surface area contributed by atoms with Gasteiger partial charge < -0.3 is 10.3 Å². The molecule has 5 nitrogen and oxygen atoms in total. The molecule has 3 aromatic carbocycles. The van der Waals surface area contributed by atoms with Gasteiger partial charge in [-0.3, -0.25) is 0 Å². The summed E-state index contributed by atoms with van der Waals surface area (Å²) in [7, 11) is 0.